The van der Waals surface area contributed by atoms with Gasteiger partial charge in [0, 0.05) is 21.2 Å². The molecule has 0 radical (unpaired) electrons. The Morgan fingerprint density at radius 1 is 1.39 bits per heavy atom. The van der Waals surface area contributed by atoms with E-state index in [9.17, 15) is 0 Å². The van der Waals surface area contributed by atoms with Crippen molar-refractivity contribution in [3.63, 3.8) is 0 Å². The first kappa shape index (κ1) is 14.4. The molecule has 0 aliphatic heterocycles. The molecular weight excluding hydrogens is 308 g/mol. The van der Waals surface area contributed by atoms with Crippen LogP contribution in [-0.4, -0.2) is 11.8 Å². The fourth-order valence-electron chi connectivity index (χ4n) is 2.59. The quantitative estimate of drug-likeness (QED) is 0.471. The van der Waals surface area contributed by atoms with Gasteiger partial charge in [0.15, 0.2) is 0 Å². The Bertz CT molecular complexity index is 367. The average molecular weight is 329 g/mol. The fraction of sp³-hybridized carbons (Fsp3) is 0.571. The van der Waals surface area contributed by atoms with Crippen molar-refractivity contribution >= 4 is 27.7 Å². The minimum absolute atomic E-state index is 0.428. The smallest absolute Gasteiger partial charge is 0.0307 e. The van der Waals surface area contributed by atoms with Crippen molar-refractivity contribution in [3.8, 4) is 0 Å². The molecule has 1 aliphatic rings. The summed E-state index contributed by atoms with van der Waals surface area (Å²) in [6, 6.07) is 8.87. The largest absolute Gasteiger partial charge is 0.271 e. The van der Waals surface area contributed by atoms with Gasteiger partial charge in [0.2, 0.25) is 0 Å². The zero-order valence-corrected chi connectivity index (χ0v) is 13.0. The summed E-state index contributed by atoms with van der Waals surface area (Å²) in [6.45, 7) is 0. The molecule has 1 fully saturated rings. The van der Waals surface area contributed by atoms with Gasteiger partial charge in [-0.3, -0.25) is 11.3 Å². The van der Waals surface area contributed by atoms with Crippen molar-refractivity contribution in [1.29, 1.82) is 0 Å². The van der Waals surface area contributed by atoms with E-state index in [0.29, 0.717) is 6.04 Å². The highest BCUT2D eigenvalue weighted by molar-refractivity contribution is 9.10. The summed E-state index contributed by atoms with van der Waals surface area (Å²) in [4.78, 5) is 1.30. The van der Waals surface area contributed by atoms with E-state index >= 15 is 0 Å². The van der Waals surface area contributed by atoms with Gasteiger partial charge in [0.1, 0.15) is 0 Å². The van der Waals surface area contributed by atoms with E-state index in [-0.39, 0.29) is 0 Å². The molecule has 0 saturated heterocycles. The van der Waals surface area contributed by atoms with E-state index in [2.05, 4.69) is 45.6 Å². The lowest BCUT2D eigenvalue weighted by molar-refractivity contribution is 0.415. The summed E-state index contributed by atoms with van der Waals surface area (Å²) in [6.07, 6.45) is 6.80. The van der Waals surface area contributed by atoms with Gasteiger partial charge < -0.3 is 0 Å². The molecule has 4 heteroatoms. The fourth-order valence-corrected chi connectivity index (χ4v) is 4.15. The molecule has 0 amide bonds. The van der Waals surface area contributed by atoms with Crippen molar-refractivity contribution in [3.05, 3.63) is 28.7 Å². The summed E-state index contributed by atoms with van der Waals surface area (Å²) in [5.41, 5.74) is 2.98. The van der Waals surface area contributed by atoms with Gasteiger partial charge in [0.25, 0.3) is 0 Å². The van der Waals surface area contributed by atoms with Gasteiger partial charge in [0.05, 0.1) is 0 Å². The van der Waals surface area contributed by atoms with Gasteiger partial charge in [-0.2, -0.15) is 0 Å². The molecule has 0 spiro atoms. The maximum atomic E-state index is 5.67. The van der Waals surface area contributed by atoms with Crippen molar-refractivity contribution in [2.24, 2.45) is 11.8 Å². The van der Waals surface area contributed by atoms with Crippen molar-refractivity contribution in [2.75, 3.05) is 5.75 Å². The SMILES string of the molecule is NNC(CSc1cccc(Br)c1)CC1CCCC1. The van der Waals surface area contributed by atoms with E-state index in [4.69, 9.17) is 5.84 Å². The highest BCUT2D eigenvalue weighted by Gasteiger charge is 2.19. The lowest BCUT2D eigenvalue weighted by atomic mass is 10.00. The summed E-state index contributed by atoms with van der Waals surface area (Å²) >= 11 is 5.38. The van der Waals surface area contributed by atoms with Crippen LogP contribution < -0.4 is 11.3 Å². The molecule has 0 aromatic heterocycles. The molecule has 2 rings (SSSR count). The van der Waals surface area contributed by atoms with E-state index in [1.807, 2.05) is 11.8 Å². The first-order valence-electron chi connectivity index (χ1n) is 6.62. The molecule has 3 N–H and O–H groups in total. The Morgan fingerprint density at radius 2 is 2.17 bits per heavy atom. The number of nitrogens with two attached hydrogens (primary N) is 1. The predicted octanol–water partition coefficient (Wildman–Crippen LogP) is 3.95. The number of benzene rings is 1. The maximum absolute atomic E-state index is 5.67. The number of halogens is 1. The van der Waals surface area contributed by atoms with Crippen LogP contribution in [0.3, 0.4) is 0 Å². The minimum atomic E-state index is 0.428. The second-order valence-electron chi connectivity index (χ2n) is 5.02. The standard InChI is InChI=1S/C14H21BrN2S/c15-12-6-3-7-14(9-12)18-10-13(17-16)8-11-4-1-2-5-11/h3,6-7,9,11,13,17H,1-2,4-5,8,10,16H2. The zero-order valence-electron chi connectivity index (χ0n) is 10.6. The molecule has 1 saturated carbocycles. The highest BCUT2D eigenvalue weighted by atomic mass is 79.9. The zero-order chi connectivity index (χ0) is 12.8. The first-order valence-corrected chi connectivity index (χ1v) is 8.40. The Hall–Kier alpha value is -0.0300. The van der Waals surface area contributed by atoms with Crippen LogP contribution in [0, 0.1) is 5.92 Å². The Morgan fingerprint density at radius 3 is 2.83 bits per heavy atom. The van der Waals surface area contributed by atoms with Crippen LogP contribution in [0.5, 0.6) is 0 Å². The summed E-state index contributed by atoms with van der Waals surface area (Å²) in [5, 5.41) is 0. The summed E-state index contributed by atoms with van der Waals surface area (Å²) in [7, 11) is 0. The second kappa shape index (κ2) is 7.53. The molecular formula is C14H21BrN2S. The first-order chi connectivity index (χ1) is 8.78. The Labute approximate surface area is 122 Å². The summed E-state index contributed by atoms with van der Waals surface area (Å²) < 4.78 is 1.14. The molecule has 1 aliphatic carbocycles. The maximum Gasteiger partial charge on any atom is 0.0307 e. The van der Waals surface area contributed by atoms with E-state index < -0.39 is 0 Å². The van der Waals surface area contributed by atoms with Crippen LogP contribution in [0.4, 0.5) is 0 Å². The van der Waals surface area contributed by atoms with Crippen LogP contribution in [0.1, 0.15) is 32.1 Å². The third-order valence-corrected chi connectivity index (χ3v) is 5.23. The van der Waals surface area contributed by atoms with Crippen molar-refractivity contribution < 1.29 is 0 Å². The van der Waals surface area contributed by atoms with Crippen molar-refractivity contribution in [2.45, 2.75) is 43.0 Å². The minimum Gasteiger partial charge on any atom is -0.271 e. The van der Waals surface area contributed by atoms with Gasteiger partial charge in [-0.15, -0.1) is 11.8 Å². The highest BCUT2D eigenvalue weighted by Crippen LogP contribution is 2.30. The molecule has 100 valence electrons. The van der Waals surface area contributed by atoms with Gasteiger partial charge in [-0.1, -0.05) is 47.7 Å². The van der Waals surface area contributed by atoms with Crippen molar-refractivity contribution in [1.82, 2.24) is 5.43 Å². The van der Waals surface area contributed by atoms with Crippen LogP contribution in [0.15, 0.2) is 33.6 Å². The average Bonchev–Trinajstić information content (AvgIpc) is 2.87. The Balaban J connectivity index is 1.79. The topological polar surface area (TPSA) is 38.0 Å². The van der Waals surface area contributed by atoms with E-state index in [1.54, 1.807) is 0 Å². The van der Waals surface area contributed by atoms with Crippen LogP contribution in [0.25, 0.3) is 0 Å². The van der Waals surface area contributed by atoms with E-state index in [1.165, 1.54) is 37.0 Å². The van der Waals surface area contributed by atoms with Gasteiger partial charge in [-0.05, 0) is 30.5 Å². The lowest BCUT2D eigenvalue weighted by Gasteiger charge is -2.19. The number of rotatable bonds is 6. The number of hydrazine groups is 1. The van der Waals surface area contributed by atoms with Crippen LogP contribution in [0.2, 0.25) is 0 Å². The molecule has 0 heterocycles. The van der Waals surface area contributed by atoms with E-state index in [0.717, 1.165) is 16.1 Å². The van der Waals surface area contributed by atoms with Gasteiger partial charge in [-0.25, -0.2) is 0 Å². The molecule has 1 atom stereocenters. The number of hydrogen-bond acceptors (Lipinski definition) is 3. The summed E-state index contributed by atoms with van der Waals surface area (Å²) in [5.74, 6) is 7.60. The molecule has 1 unspecified atom stereocenters. The van der Waals surface area contributed by atoms with Crippen LogP contribution >= 0.6 is 27.7 Å². The van der Waals surface area contributed by atoms with Gasteiger partial charge >= 0.3 is 0 Å². The molecule has 1 aromatic carbocycles. The molecule has 1 aromatic rings. The Kier molecular flexibility index (Phi) is 6.02. The third kappa shape index (κ3) is 4.57. The molecule has 2 nitrogen and oxygen atoms in total. The number of hydrogen-bond donors (Lipinski definition) is 2. The third-order valence-electron chi connectivity index (χ3n) is 3.58. The molecule has 18 heavy (non-hydrogen) atoms. The number of thioether (sulfide) groups is 1. The lowest BCUT2D eigenvalue weighted by Crippen LogP contribution is -2.38. The van der Waals surface area contributed by atoms with Crippen LogP contribution in [-0.2, 0) is 0 Å². The molecule has 0 bridgehead atoms. The second-order valence-corrected chi connectivity index (χ2v) is 7.03. The monoisotopic (exact) mass is 328 g/mol. The number of nitrogens with one attached hydrogen (secondary N) is 1. The normalized spacial score (nSPS) is 18.1. The predicted molar refractivity (Wildman–Crippen MR) is 82.6 cm³/mol.